The molecule has 6 nitrogen and oxygen atoms in total. The number of nitrogens with zero attached hydrogens (tertiary/aromatic N) is 3. The molecule has 37 heavy (non-hydrogen) atoms. The highest BCUT2D eigenvalue weighted by atomic mass is 35.5. The zero-order valence-corrected chi connectivity index (χ0v) is 22.6. The zero-order chi connectivity index (χ0) is 25.9. The second-order valence-corrected chi connectivity index (χ2v) is 11.1. The van der Waals surface area contributed by atoms with Crippen LogP contribution in [0, 0.1) is 6.92 Å². The van der Waals surface area contributed by atoms with E-state index < -0.39 is 11.4 Å². The van der Waals surface area contributed by atoms with Crippen molar-refractivity contribution in [2.45, 2.75) is 18.4 Å². The molecule has 3 aromatic carbocycles. The predicted molar refractivity (Wildman–Crippen MR) is 151 cm³/mol. The van der Waals surface area contributed by atoms with Crippen LogP contribution in [0.4, 0.5) is 5.69 Å². The molecule has 1 amide bonds. The van der Waals surface area contributed by atoms with Gasteiger partial charge in [0.25, 0.3) is 5.91 Å². The molecule has 1 fully saturated rings. The number of piperazine rings is 1. The van der Waals surface area contributed by atoms with E-state index in [-0.39, 0.29) is 5.91 Å². The number of anilines is 1. The van der Waals surface area contributed by atoms with Crippen molar-refractivity contribution in [3.63, 3.8) is 0 Å². The van der Waals surface area contributed by atoms with Gasteiger partial charge < -0.3 is 9.45 Å². The van der Waals surface area contributed by atoms with Gasteiger partial charge in [-0.05, 0) is 66.6 Å². The maximum Gasteiger partial charge on any atom is 0.253 e. The normalized spacial score (nSPS) is 15.1. The molecule has 1 saturated heterocycles. The lowest BCUT2D eigenvalue weighted by Crippen LogP contribution is -2.48. The fourth-order valence-corrected chi connectivity index (χ4v) is 6.20. The van der Waals surface area contributed by atoms with Crippen molar-refractivity contribution in [1.29, 1.82) is 0 Å². The van der Waals surface area contributed by atoms with E-state index in [1.807, 2.05) is 66.4 Å². The Morgan fingerprint density at radius 2 is 1.73 bits per heavy atom. The third-order valence-corrected chi connectivity index (χ3v) is 8.03. The van der Waals surface area contributed by atoms with Gasteiger partial charge in [0, 0.05) is 59.9 Å². The van der Waals surface area contributed by atoms with Crippen LogP contribution in [0.25, 0.3) is 10.9 Å². The molecule has 1 N–H and O–H groups in total. The molecule has 9 heteroatoms. The van der Waals surface area contributed by atoms with Gasteiger partial charge >= 0.3 is 0 Å². The number of carbonyl (C=O) groups excluding carboxylic acids is 1. The molecule has 1 aliphatic rings. The standard InChI is InChI=1S/C28H26Cl2N4O2S/c1-19-14-22(7-8-25(19)32-37(36)26-6-2-4-21-5-3-9-31-27(21)26)28(35)34-12-10-33(11-13-34)18-20-15-23(29)17-24(30)16-20/h2-9,14-17,32H,10-13,18H2,1H3. The SMILES string of the molecule is Cc1cc(C(=O)N2CCN(Cc3cc(Cl)cc(Cl)c3)CC2)ccc1N[S+]([O-])c1cccc2cccnc12. The van der Waals surface area contributed by atoms with E-state index in [0.717, 1.165) is 36.1 Å². The summed E-state index contributed by atoms with van der Waals surface area (Å²) in [5.74, 6) is -0.000485. The molecular formula is C28H26Cl2N4O2S. The Morgan fingerprint density at radius 3 is 2.46 bits per heavy atom. The minimum Gasteiger partial charge on any atom is -0.588 e. The first-order chi connectivity index (χ1) is 17.9. The van der Waals surface area contributed by atoms with Gasteiger partial charge in [-0.3, -0.25) is 14.7 Å². The van der Waals surface area contributed by atoms with Crippen molar-refractivity contribution in [2.24, 2.45) is 0 Å². The van der Waals surface area contributed by atoms with Gasteiger partial charge in [-0.1, -0.05) is 41.4 Å². The second-order valence-electron chi connectivity index (χ2n) is 9.08. The summed E-state index contributed by atoms with van der Waals surface area (Å²) < 4.78 is 16.2. The molecule has 190 valence electrons. The molecule has 0 aliphatic carbocycles. The third-order valence-electron chi connectivity index (χ3n) is 6.46. The molecule has 5 rings (SSSR count). The average molecular weight is 554 g/mol. The first-order valence-corrected chi connectivity index (χ1v) is 13.9. The van der Waals surface area contributed by atoms with E-state index >= 15 is 0 Å². The summed E-state index contributed by atoms with van der Waals surface area (Å²) >= 11 is 10.8. The molecule has 2 heterocycles. The smallest absolute Gasteiger partial charge is 0.253 e. The Morgan fingerprint density at radius 1 is 1.00 bits per heavy atom. The molecule has 0 saturated carbocycles. The van der Waals surface area contributed by atoms with E-state index in [1.165, 1.54) is 0 Å². The number of halogens is 2. The number of amides is 1. The Hall–Kier alpha value is -2.81. The van der Waals surface area contributed by atoms with Crippen LogP contribution in [0.15, 0.2) is 77.8 Å². The maximum absolute atomic E-state index is 13.2. The molecule has 1 aliphatic heterocycles. The Kier molecular flexibility index (Phi) is 7.88. The van der Waals surface area contributed by atoms with Gasteiger partial charge in [0.05, 0.1) is 5.69 Å². The highest BCUT2D eigenvalue weighted by Gasteiger charge is 2.23. The van der Waals surface area contributed by atoms with Crippen LogP contribution in [-0.4, -0.2) is 51.4 Å². The van der Waals surface area contributed by atoms with Crippen LogP contribution in [0.2, 0.25) is 10.0 Å². The monoisotopic (exact) mass is 552 g/mol. The first-order valence-electron chi connectivity index (χ1n) is 12.0. The van der Waals surface area contributed by atoms with E-state index in [0.29, 0.717) is 44.8 Å². The third kappa shape index (κ3) is 6.03. The lowest BCUT2D eigenvalue weighted by molar-refractivity contribution is 0.0628. The van der Waals surface area contributed by atoms with Gasteiger partial charge in [-0.15, -0.1) is 0 Å². The Labute approximate surface area is 229 Å². The van der Waals surface area contributed by atoms with Gasteiger partial charge in [0.1, 0.15) is 16.9 Å². The highest BCUT2D eigenvalue weighted by Crippen LogP contribution is 2.26. The summed E-state index contributed by atoms with van der Waals surface area (Å²) in [6.45, 7) is 5.48. The molecule has 4 aromatic rings. The van der Waals surface area contributed by atoms with Gasteiger partial charge in [-0.25, -0.2) is 4.72 Å². The number of fused-ring (bicyclic) bond motifs is 1. The molecule has 1 unspecified atom stereocenters. The Balaban J connectivity index is 1.21. The molecule has 0 spiro atoms. The zero-order valence-electron chi connectivity index (χ0n) is 20.3. The minimum atomic E-state index is -1.49. The maximum atomic E-state index is 13.2. The van der Waals surface area contributed by atoms with E-state index in [4.69, 9.17) is 23.2 Å². The van der Waals surface area contributed by atoms with Crippen LogP contribution < -0.4 is 4.72 Å². The molecule has 1 aromatic heterocycles. The second kappa shape index (κ2) is 11.3. The van der Waals surface area contributed by atoms with Crippen molar-refractivity contribution in [1.82, 2.24) is 14.8 Å². The van der Waals surface area contributed by atoms with Crippen molar-refractivity contribution >= 4 is 57.1 Å². The quantitative estimate of drug-likeness (QED) is 0.299. The number of nitrogens with one attached hydrogen (secondary N) is 1. The molecule has 0 radical (unpaired) electrons. The van der Waals surface area contributed by atoms with Gasteiger partial charge in [0.15, 0.2) is 0 Å². The number of rotatable bonds is 6. The predicted octanol–water partition coefficient (Wildman–Crippen LogP) is 5.94. The Bertz CT molecular complexity index is 1420. The fourth-order valence-electron chi connectivity index (χ4n) is 4.54. The molecular weight excluding hydrogens is 527 g/mol. The summed E-state index contributed by atoms with van der Waals surface area (Å²) in [5, 5.41) is 2.19. The van der Waals surface area contributed by atoms with Crippen molar-refractivity contribution in [3.05, 3.63) is 99.7 Å². The summed E-state index contributed by atoms with van der Waals surface area (Å²) in [6, 6.07) is 20.5. The van der Waals surface area contributed by atoms with E-state index in [9.17, 15) is 9.35 Å². The molecule has 1 atom stereocenters. The van der Waals surface area contributed by atoms with Crippen LogP contribution in [-0.2, 0) is 17.9 Å². The lowest BCUT2D eigenvalue weighted by Gasteiger charge is -2.35. The number of para-hydroxylation sites is 1. The van der Waals surface area contributed by atoms with E-state index in [1.54, 1.807) is 18.3 Å². The summed E-state index contributed by atoms with van der Waals surface area (Å²) in [4.78, 5) is 22.4. The minimum absolute atomic E-state index is 0.000485. The van der Waals surface area contributed by atoms with Crippen LogP contribution in [0.1, 0.15) is 21.5 Å². The van der Waals surface area contributed by atoms with Crippen LogP contribution in [0.3, 0.4) is 0 Å². The fraction of sp³-hybridized carbons (Fsp3) is 0.214. The summed E-state index contributed by atoms with van der Waals surface area (Å²) in [7, 11) is 0. The van der Waals surface area contributed by atoms with Crippen LogP contribution in [0.5, 0.6) is 0 Å². The largest absolute Gasteiger partial charge is 0.588 e. The van der Waals surface area contributed by atoms with Crippen LogP contribution >= 0.6 is 23.2 Å². The number of carbonyl (C=O) groups is 1. The highest BCUT2D eigenvalue weighted by molar-refractivity contribution is 7.93. The first kappa shape index (κ1) is 25.8. The average Bonchev–Trinajstić information content (AvgIpc) is 2.89. The summed E-state index contributed by atoms with van der Waals surface area (Å²) in [5.41, 5.74) is 3.96. The summed E-state index contributed by atoms with van der Waals surface area (Å²) in [6.07, 6.45) is 1.70. The lowest BCUT2D eigenvalue weighted by atomic mass is 10.1. The number of hydrogen-bond donors (Lipinski definition) is 1. The number of hydrogen-bond acceptors (Lipinski definition) is 5. The number of benzene rings is 3. The van der Waals surface area contributed by atoms with Crippen molar-refractivity contribution < 1.29 is 9.35 Å². The number of aromatic nitrogens is 1. The van der Waals surface area contributed by atoms with Crippen molar-refractivity contribution in [3.8, 4) is 0 Å². The number of aryl methyl sites for hydroxylation is 1. The van der Waals surface area contributed by atoms with Gasteiger partial charge in [-0.2, -0.15) is 0 Å². The van der Waals surface area contributed by atoms with Gasteiger partial charge in [0.2, 0.25) is 4.90 Å². The topological polar surface area (TPSA) is 71.5 Å². The molecule has 0 bridgehead atoms. The van der Waals surface area contributed by atoms with Crippen molar-refractivity contribution in [2.75, 3.05) is 30.9 Å². The van der Waals surface area contributed by atoms with E-state index in [2.05, 4.69) is 14.6 Å². The number of pyridine rings is 1.